The molecule has 2 N–H and O–H groups in total. The Hall–Kier alpha value is -1.70. The molecular weight excluding hydrogens is 304 g/mol. The summed E-state index contributed by atoms with van der Waals surface area (Å²) < 4.78 is 10.6. The zero-order valence-corrected chi connectivity index (χ0v) is 13.4. The van der Waals surface area contributed by atoms with Gasteiger partial charge in [-0.15, -0.1) is 11.3 Å². The van der Waals surface area contributed by atoms with E-state index in [1.807, 2.05) is 13.8 Å². The lowest BCUT2D eigenvalue weighted by Crippen LogP contribution is -2.35. The normalized spacial score (nSPS) is 12.5. The molecule has 0 saturated carbocycles. The van der Waals surface area contributed by atoms with E-state index in [1.165, 1.54) is 11.3 Å². The van der Waals surface area contributed by atoms with Crippen molar-refractivity contribution in [3.63, 3.8) is 0 Å². The number of carbonyl (C=O) groups excluding carboxylic acids is 1. The molecule has 1 atom stereocenters. The number of thiazole rings is 1. The zero-order valence-electron chi connectivity index (χ0n) is 12.6. The summed E-state index contributed by atoms with van der Waals surface area (Å²) in [7, 11) is 0. The molecule has 0 aliphatic rings. The van der Waals surface area contributed by atoms with Gasteiger partial charge < -0.3 is 19.6 Å². The van der Waals surface area contributed by atoms with Crippen molar-refractivity contribution < 1.29 is 19.1 Å². The van der Waals surface area contributed by atoms with E-state index in [1.54, 1.807) is 23.8 Å². The van der Waals surface area contributed by atoms with E-state index in [4.69, 9.17) is 9.15 Å². The Morgan fingerprint density at radius 2 is 2.32 bits per heavy atom. The van der Waals surface area contributed by atoms with Crippen molar-refractivity contribution in [2.24, 2.45) is 5.92 Å². The Labute approximate surface area is 133 Å². The third-order valence-electron chi connectivity index (χ3n) is 2.73. The molecule has 2 aromatic rings. The molecule has 2 aromatic heterocycles. The van der Waals surface area contributed by atoms with Crippen molar-refractivity contribution in [2.45, 2.75) is 20.0 Å². The molecule has 7 heteroatoms. The van der Waals surface area contributed by atoms with Gasteiger partial charge in [0.2, 0.25) is 0 Å². The van der Waals surface area contributed by atoms with Crippen LogP contribution in [0.5, 0.6) is 0 Å². The van der Waals surface area contributed by atoms with Crippen molar-refractivity contribution >= 4 is 17.2 Å². The summed E-state index contributed by atoms with van der Waals surface area (Å²) in [5.41, 5.74) is 0.312. The van der Waals surface area contributed by atoms with E-state index in [-0.39, 0.29) is 19.1 Å². The highest BCUT2D eigenvalue weighted by Gasteiger charge is 2.14. The quantitative estimate of drug-likeness (QED) is 0.777. The van der Waals surface area contributed by atoms with E-state index < -0.39 is 6.10 Å². The lowest BCUT2D eigenvalue weighted by molar-refractivity contribution is 0.0259. The third-order valence-corrected chi connectivity index (χ3v) is 3.59. The number of carbonyl (C=O) groups is 1. The van der Waals surface area contributed by atoms with Crippen LogP contribution in [-0.4, -0.2) is 41.9 Å². The lowest BCUT2D eigenvalue weighted by atomic mass is 10.2. The van der Waals surface area contributed by atoms with Gasteiger partial charge in [0.15, 0.2) is 10.8 Å². The molecule has 1 amide bonds. The smallest absolute Gasteiger partial charge is 0.270 e. The van der Waals surface area contributed by atoms with Gasteiger partial charge in [-0.2, -0.15) is 0 Å². The van der Waals surface area contributed by atoms with Crippen LogP contribution in [-0.2, 0) is 4.74 Å². The van der Waals surface area contributed by atoms with Crippen LogP contribution < -0.4 is 5.32 Å². The largest absolute Gasteiger partial charge is 0.462 e. The van der Waals surface area contributed by atoms with Crippen LogP contribution in [0.25, 0.3) is 10.8 Å². The number of aliphatic hydroxyl groups is 1. The Morgan fingerprint density at radius 3 is 3.00 bits per heavy atom. The molecule has 2 heterocycles. The van der Waals surface area contributed by atoms with Gasteiger partial charge in [0.05, 0.1) is 19.0 Å². The summed E-state index contributed by atoms with van der Waals surface area (Å²) in [4.78, 5) is 16.2. The Balaban J connectivity index is 1.78. The van der Waals surface area contributed by atoms with E-state index >= 15 is 0 Å². The predicted molar refractivity (Wildman–Crippen MR) is 83.8 cm³/mol. The van der Waals surface area contributed by atoms with Gasteiger partial charge in [-0.05, 0) is 18.1 Å². The summed E-state index contributed by atoms with van der Waals surface area (Å²) >= 11 is 1.33. The SMILES string of the molecule is CC(C)COCC(O)CNC(=O)c1csc(-c2ccco2)n1. The molecule has 0 spiro atoms. The second-order valence-corrected chi connectivity index (χ2v) is 6.17. The summed E-state index contributed by atoms with van der Waals surface area (Å²) in [6, 6.07) is 3.56. The fraction of sp³-hybridized carbons (Fsp3) is 0.467. The van der Waals surface area contributed by atoms with Crippen LogP contribution in [0.2, 0.25) is 0 Å². The molecule has 0 radical (unpaired) electrons. The summed E-state index contributed by atoms with van der Waals surface area (Å²) in [5, 5.41) is 14.7. The number of rotatable bonds is 8. The Kier molecular flexibility index (Phi) is 6.11. The van der Waals surface area contributed by atoms with Gasteiger partial charge in [-0.25, -0.2) is 4.98 Å². The maximum Gasteiger partial charge on any atom is 0.270 e. The first kappa shape index (κ1) is 16.7. The standard InChI is InChI=1S/C15H20N2O4S/c1-10(2)7-20-8-11(18)6-16-14(19)12-9-22-15(17-12)13-4-3-5-21-13/h3-5,9-11,18H,6-8H2,1-2H3,(H,16,19). The average molecular weight is 324 g/mol. The fourth-order valence-electron chi connectivity index (χ4n) is 1.69. The highest BCUT2D eigenvalue weighted by molar-refractivity contribution is 7.13. The van der Waals surface area contributed by atoms with Crippen LogP contribution in [0, 0.1) is 5.92 Å². The number of hydrogen-bond acceptors (Lipinski definition) is 6. The Morgan fingerprint density at radius 1 is 1.50 bits per heavy atom. The van der Waals surface area contributed by atoms with Gasteiger partial charge in [0.25, 0.3) is 5.91 Å². The molecule has 0 aliphatic carbocycles. The third kappa shape index (κ3) is 4.94. The number of aliphatic hydroxyl groups excluding tert-OH is 1. The van der Waals surface area contributed by atoms with Gasteiger partial charge in [0.1, 0.15) is 5.69 Å². The van der Waals surface area contributed by atoms with Gasteiger partial charge >= 0.3 is 0 Å². The van der Waals surface area contributed by atoms with E-state index in [0.717, 1.165) is 0 Å². The molecule has 22 heavy (non-hydrogen) atoms. The molecule has 1 unspecified atom stereocenters. The van der Waals surface area contributed by atoms with Gasteiger partial charge in [-0.1, -0.05) is 13.8 Å². The number of furan rings is 1. The average Bonchev–Trinajstić information content (AvgIpc) is 3.14. The van der Waals surface area contributed by atoms with Crippen molar-refractivity contribution in [3.8, 4) is 10.8 Å². The van der Waals surface area contributed by atoms with Crippen LogP contribution in [0.4, 0.5) is 0 Å². The summed E-state index contributed by atoms with van der Waals surface area (Å²) in [6.45, 7) is 4.99. The number of nitrogens with one attached hydrogen (secondary N) is 1. The molecule has 0 aliphatic heterocycles. The maximum absolute atomic E-state index is 12.0. The minimum atomic E-state index is -0.731. The number of ether oxygens (including phenoxy) is 1. The van der Waals surface area contributed by atoms with Crippen LogP contribution >= 0.6 is 11.3 Å². The molecule has 6 nitrogen and oxygen atoms in total. The second-order valence-electron chi connectivity index (χ2n) is 5.31. The summed E-state index contributed by atoms with van der Waals surface area (Å²) in [6.07, 6.45) is 0.829. The first-order valence-electron chi connectivity index (χ1n) is 7.09. The van der Waals surface area contributed by atoms with Crippen LogP contribution in [0.1, 0.15) is 24.3 Å². The van der Waals surface area contributed by atoms with Crippen molar-refractivity contribution in [1.82, 2.24) is 10.3 Å². The highest BCUT2D eigenvalue weighted by atomic mass is 32.1. The molecule has 0 fully saturated rings. The number of amides is 1. The van der Waals surface area contributed by atoms with E-state index in [2.05, 4.69) is 10.3 Å². The van der Waals surface area contributed by atoms with Crippen molar-refractivity contribution in [1.29, 1.82) is 0 Å². The minimum absolute atomic E-state index is 0.130. The first-order valence-corrected chi connectivity index (χ1v) is 7.97. The van der Waals surface area contributed by atoms with Crippen LogP contribution in [0.3, 0.4) is 0 Å². The van der Waals surface area contributed by atoms with Crippen molar-refractivity contribution in [3.05, 3.63) is 29.5 Å². The molecule has 2 rings (SSSR count). The molecule has 120 valence electrons. The monoisotopic (exact) mass is 324 g/mol. The highest BCUT2D eigenvalue weighted by Crippen LogP contribution is 2.23. The summed E-state index contributed by atoms with van der Waals surface area (Å²) in [5.74, 6) is 0.722. The number of nitrogens with zero attached hydrogens (tertiary/aromatic N) is 1. The molecule has 0 bridgehead atoms. The lowest BCUT2D eigenvalue weighted by Gasteiger charge is -2.13. The first-order chi connectivity index (χ1) is 10.6. The maximum atomic E-state index is 12.0. The topological polar surface area (TPSA) is 84.6 Å². The van der Waals surface area contributed by atoms with Gasteiger partial charge in [-0.3, -0.25) is 4.79 Å². The van der Waals surface area contributed by atoms with Gasteiger partial charge in [0, 0.05) is 18.5 Å². The predicted octanol–water partition coefficient (Wildman–Crippen LogP) is 2.17. The number of aromatic nitrogens is 1. The molecular formula is C15H20N2O4S. The zero-order chi connectivity index (χ0) is 15.9. The van der Waals surface area contributed by atoms with E-state index in [9.17, 15) is 9.90 Å². The minimum Gasteiger partial charge on any atom is -0.462 e. The van der Waals surface area contributed by atoms with Crippen molar-refractivity contribution in [2.75, 3.05) is 19.8 Å². The second kappa shape index (κ2) is 8.07. The molecule has 0 aromatic carbocycles. The Bertz CT molecular complexity index is 580. The van der Waals surface area contributed by atoms with E-state index in [0.29, 0.717) is 29.0 Å². The van der Waals surface area contributed by atoms with Crippen LogP contribution in [0.15, 0.2) is 28.2 Å². The fourth-order valence-corrected chi connectivity index (χ4v) is 2.46. The number of hydrogen-bond donors (Lipinski definition) is 2. The molecule has 0 saturated heterocycles.